The van der Waals surface area contributed by atoms with Gasteiger partial charge in [0.15, 0.2) is 0 Å². The van der Waals surface area contributed by atoms with Gasteiger partial charge in [-0.3, -0.25) is 0 Å². The zero-order valence-electron chi connectivity index (χ0n) is 12.9. The molecule has 0 aliphatic carbocycles. The first kappa shape index (κ1) is 16.0. The molecule has 0 aromatic heterocycles. The molecule has 1 rings (SSSR count). The van der Waals surface area contributed by atoms with E-state index in [0.29, 0.717) is 12.0 Å². The number of hydrogen-bond donors (Lipinski definition) is 1. The summed E-state index contributed by atoms with van der Waals surface area (Å²) in [6, 6.07) is 6.96. The molecule has 0 radical (unpaired) electrons. The lowest BCUT2D eigenvalue weighted by atomic mass is 9.94. The Morgan fingerprint density at radius 1 is 1.26 bits per heavy atom. The van der Waals surface area contributed by atoms with E-state index in [1.54, 1.807) is 7.11 Å². The van der Waals surface area contributed by atoms with Gasteiger partial charge < -0.3 is 15.4 Å². The van der Waals surface area contributed by atoms with Crippen LogP contribution in [0.4, 0.5) is 0 Å². The van der Waals surface area contributed by atoms with Crippen LogP contribution in [-0.4, -0.2) is 32.6 Å². The number of hydrogen-bond acceptors (Lipinski definition) is 3. The molecule has 108 valence electrons. The lowest BCUT2D eigenvalue weighted by Crippen LogP contribution is -2.21. The van der Waals surface area contributed by atoms with Crippen LogP contribution in [0.3, 0.4) is 0 Å². The highest BCUT2D eigenvalue weighted by atomic mass is 16.5. The van der Waals surface area contributed by atoms with E-state index in [1.165, 1.54) is 11.1 Å². The van der Waals surface area contributed by atoms with Crippen molar-refractivity contribution in [2.24, 2.45) is 5.73 Å². The van der Waals surface area contributed by atoms with E-state index in [-0.39, 0.29) is 0 Å². The van der Waals surface area contributed by atoms with Gasteiger partial charge in [-0.2, -0.15) is 0 Å². The van der Waals surface area contributed by atoms with E-state index >= 15 is 0 Å². The summed E-state index contributed by atoms with van der Waals surface area (Å²) >= 11 is 0. The van der Waals surface area contributed by atoms with Gasteiger partial charge in [0.2, 0.25) is 0 Å². The Hall–Kier alpha value is -1.06. The van der Waals surface area contributed by atoms with Gasteiger partial charge in [-0.25, -0.2) is 0 Å². The molecule has 3 heteroatoms. The van der Waals surface area contributed by atoms with E-state index in [4.69, 9.17) is 10.5 Å². The van der Waals surface area contributed by atoms with Crippen LogP contribution in [-0.2, 0) is 0 Å². The topological polar surface area (TPSA) is 38.5 Å². The number of ether oxygens (including phenoxy) is 1. The van der Waals surface area contributed by atoms with Crippen molar-refractivity contribution in [3.8, 4) is 5.75 Å². The van der Waals surface area contributed by atoms with Gasteiger partial charge in [0.25, 0.3) is 0 Å². The molecule has 2 N–H and O–H groups in total. The number of benzene rings is 1. The van der Waals surface area contributed by atoms with E-state index in [1.807, 2.05) is 0 Å². The van der Waals surface area contributed by atoms with Crippen molar-refractivity contribution < 1.29 is 4.74 Å². The molecule has 3 nitrogen and oxygen atoms in total. The molecule has 0 saturated carbocycles. The second-order valence-electron chi connectivity index (χ2n) is 5.57. The Kier molecular flexibility index (Phi) is 6.32. The molecule has 1 atom stereocenters. The van der Waals surface area contributed by atoms with Crippen molar-refractivity contribution in [2.45, 2.75) is 38.6 Å². The predicted molar refractivity (Wildman–Crippen MR) is 81.8 cm³/mol. The maximum absolute atomic E-state index is 5.64. The van der Waals surface area contributed by atoms with Gasteiger partial charge in [-0.15, -0.1) is 0 Å². The molecule has 1 aromatic carbocycles. The molecule has 0 heterocycles. The van der Waals surface area contributed by atoms with Crippen molar-refractivity contribution in [3.05, 3.63) is 29.3 Å². The number of nitrogens with zero attached hydrogens (tertiary/aromatic N) is 1. The minimum atomic E-state index is 0.423. The highest BCUT2D eigenvalue weighted by Crippen LogP contribution is 2.32. The first-order valence-corrected chi connectivity index (χ1v) is 7.05. The summed E-state index contributed by atoms with van der Waals surface area (Å²) in [7, 11) is 5.99. The number of nitrogens with two attached hydrogens (primary N) is 1. The standard InChI is InChI=1S/C16H28N2O/c1-12(2)14-11-13(8-9-16(14)19-5)15(18(3)4)7-6-10-17/h8-9,11-12,15H,6-7,10,17H2,1-5H3. The van der Waals surface area contributed by atoms with E-state index in [9.17, 15) is 0 Å². The average Bonchev–Trinajstić information content (AvgIpc) is 2.38. The maximum Gasteiger partial charge on any atom is 0.122 e. The van der Waals surface area contributed by atoms with Crippen LogP contribution in [0.2, 0.25) is 0 Å². The second kappa shape index (κ2) is 7.51. The van der Waals surface area contributed by atoms with Crippen molar-refractivity contribution in [2.75, 3.05) is 27.7 Å². The zero-order chi connectivity index (χ0) is 14.4. The van der Waals surface area contributed by atoms with E-state index in [0.717, 1.165) is 25.1 Å². The lowest BCUT2D eigenvalue weighted by molar-refractivity contribution is 0.280. The predicted octanol–water partition coefficient (Wildman–Crippen LogP) is 3.16. The van der Waals surface area contributed by atoms with Gasteiger partial charge in [0.1, 0.15) is 5.75 Å². The van der Waals surface area contributed by atoms with Gasteiger partial charge in [0, 0.05) is 6.04 Å². The molecule has 0 bridgehead atoms. The third-order valence-electron chi connectivity index (χ3n) is 3.57. The largest absolute Gasteiger partial charge is 0.496 e. The molecule has 1 aromatic rings. The average molecular weight is 264 g/mol. The van der Waals surface area contributed by atoms with Crippen LogP contribution in [0.1, 0.15) is 49.8 Å². The molecule has 0 amide bonds. The third kappa shape index (κ3) is 4.22. The molecule has 0 aliphatic heterocycles. The molecule has 0 saturated heterocycles. The highest BCUT2D eigenvalue weighted by molar-refractivity contribution is 5.40. The van der Waals surface area contributed by atoms with Crippen LogP contribution >= 0.6 is 0 Å². The Labute approximate surface area is 117 Å². The van der Waals surface area contributed by atoms with Crippen LogP contribution < -0.4 is 10.5 Å². The monoisotopic (exact) mass is 264 g/mol. The van der Waals surface area contributed by atoms with Crippen molar-refractivity contribution in [1.29, 1.82) is 0 Å². The minimum Gasteiger partial charge on any atom is -0.496 e. The maximum atomic E-state index is 5.64. The smallest absolute Gasteiger partial charge is 0.122 e. The number of methoxy groups -OCH3 is 1. The summed E-state index contributed by atoms with van der Waals surface area (Å²) in [4.78, 5) is 2.27. The second-order valence-corrected chi connectivity index (χ2v) is 5.57. The normalized spacial score (nSPS) is 13.1. The summed E-state index contributed by atoms with van der Waals surface area (Å²) in [5, 5.41) is 0. The van der Waals surface area contributed by atoms with E-state index in [2.05, 4.69) is 51.0 Å². The Bertz CT molecular complexity index is 388. The third-order valence-corrected chi connectivity index (χ3v) is 3.57. The molecule has 0 fully saturated rings. The quantitative estimate of drug-likeness (QED) is 0.822. The fourth-order valence-electron chi connectivity index (χ4n) is 2.45. The molecular formula is C16H28N2O. The Morgan fingerprint density at radius 2 is 1.95 bits per heavy atom. The SMILES string of the molecule is COc1ccc(C(CCCN)N(C)C)cc1C(C)C. The molecule has 19 heavy (non-hydrogen) atoms. The fraction of sp³-hybridized carbons (Fsp3) is 0.625. The van der Waals surface area contributed by atoms with Crippen molar-refractivity contribution >= 4 is 0 Å². The van der Waals surface area contributed by atoms with E-state index < -0.39 is 0 Å². The molecule has 0 spiro atoms. The molecule has 0 aliphatic rings. The molecular weight excluding hydrogens is 236 g/mol. The van der Waals surface area contributed by atoms with Gasteiger partial charge >= 0.3 is 0 Å². The highest BCUT2D eigenvalue weighted by Gasteiger charge is 2.16. The van der Waals surface area contributed by atoms with Crippen molar-refractivity contribution in [3.63, 3.8) is 0 Å². The van der Waals surface area contributed by atoms with Gasteiger partial charge in [-0.1, -0.05) is 26.0 Å². The number of rotatable bonds is 7. The summed E-state index contributed by atoms with van der Waals surface area (Å²) in [6.45, 7) is 5.15. The van der Waals surface area contributed by atoms with Crippen molar-refractivity contribution in [1.82, 2.24) is 4.90 Å². The van der Waals surface area contributed by atoms with Crippen LogP contribution in [0.5, 0.6) is 5.75 Å². The van der Waals surface area contributed by atoms with Gasteiger partial charge in [0.05, 0.1) is 7.11 Å². The first-order valence-electron chi connectivity index (χ1n) is 7.05. The summed E-state index contributed by atoms with van der Waals surface area (Å²) in [5.41, 5.74) is 8.27. The molecule has 1 unspecified atom stereocenters. The summed E-state index contributed by atoms with van der Waals surface area (Å²) < 4.78 is 5.45. The summed E-state index contributed by atoms with van der Waals surface area (Å²) in [5.74, 6) is 1.45. The Morgan fingerprint density at radius 3 is 2.42 bits per heavy atom. The van der Waals surface area contributed by atoms with Crippen LogP contribution in [0.15, 0.2) is 18.2 Å². The van der Waals surface area contributed by atoms with Gasteiger partial charge in [-0.05, 0) is 56.6 Å². The zero-order valence-corrected chi connectivity index (χ0v) is 12.9. The fourth-order valence-corrected chi connectivity index (χ4v) is 2.45. The first-order chi connectivity index (χ1) is 9.01. The van der Waals surface area contributed by atoms with Crippen LogP contribution in [0, 0.1) is 0 Å². The summed E-state index contributed by atoms with van der Waals surface area (Å²) in [6.07, 6.45) is 2.14. The lowest BCUT2D eigenvalue weighted by Gasteiger charge is -2.26. The Balaban J connectivity index is 3.06. The van der Waals surface area contributed by atoms with Crippen LogP contribution in [0.25, 0.3) is 0 Å². The minimum absolute atomic E-state index is 0.423.